The van der Waals surface area contributed by atoms with Crippen molar-refractivity contribution in [3.63, 3.8) is 0 Å². The van der Waals surface area contributed by atoms with Crippen molar-refractivity contribution in [1.29, 1.82) is 0 Å². The summed E-state index contributed by atoms with van der Waals surface area (Å²) < 4.78 is 16.7. The van der Waals surface area contributed by atoms with E-state index in [2.05, 4.69) is 0 Å². The second kappa shape index (κ2) is 7.25. The van der Waals surface area contributed by atoms with E-state index in [9.17, 15) is 4.79 Å². The van der Waals surface area contributed by atoms with Crippen molar-refractivity contribution >= 4 is 5.78 Å². The molecule has 0 amide bonds. The van der Waals surface area contributed by atoms with Crippen LogP contribution in [0, 0.1) is 0 Å². The first-order valence-corrected chi connectivity index (χ1v) is 8.74. The van der Waals surface area contributed by atoms with Crippen molar-refractivity contribution in [3.05, 3.63) is 59.7 Å². The Labute approximate surface area is 147 Å². The zero-order valence-electron chi connectivity index (χ0n) is 14.1. The lowest BCUT2D eigenvalue weighted by Gasteiger charge is -2.31. The molecule has 5 heteroatoms. The molecule has 2 aromatic rings. The predicted molar refractivity (Wildman–Crippen MR) is 92.5 cm³/mol. The fourth-order valence-electron chi connectivity index (χ4n) is 3.50. The summed E-state index contributed by atoms with van der Waals surface area (Å²) in [5.41, 5.74) is 1.70. The number of hydrogen-bond acceptors (Lipinski definition) is 4. The highest BCUT2D eigenvalue weighted by atomic mass is 16.6. The number of carbonyl (C=O) groups excluding carboxylic acids is 1. The molecule has 2 aliphatic heterocycles. The molecule has 1 fully saturated rings. The fraction of sp³-hybridized carbons (Fsp3) is 0.350. The van der Waals surface area contributed by atoms with E-state index < -0.39 is 0 Å². The fourth-order valence-corrected chi connectivity index (χ4v) is 3.50. The van der Waals surface area contributed by atoms with Gasteiger partial charge in [-0.1, -0.05) is 30.3 Å². The molecule has 130 valence electrons. The molecule has 0 bridgehead atoms. The van der Waals surface area contributed by atoms with Gasteiger partial charge in [-0.15, -0.1) is 0 Å². The maximum atomic E-state index is 13.4. The van der Waals surface area contributed by atoms with Crippen molar-refractivity contribution in [2.45, 2.75) is 6.04 Å². The average Bonchev–Trinajstić information content (AvgIpc) is 2.69. The van der Waals surface area contributed by atoms with E-state index in [4.69, 9.17) is 14.2 Å². The van der Waals surface area contributed by atoms with Crippen molar-refractivity contribution < 1.29 is 23.9 Å². The summed E-state index contributed by atoms with van der Waals surface area (Å²) in [6.07, 6.45) is 0. The van der Waals surface area contributed by atoms with Crippen LogP contribution in [0.25, 0.3) is 0 Å². The third kappa shape index (κ3) is 3.38. The summed E-state index contributed by atoms with van der Waals surface area (Å²) in [6, 6.07) is 15.3. The van der Waals surface area contributed by atoms with Crippen molar-refractivity contribution in [1.82, 2.24) is 0 Å². The summed E-state index contributed by atoms with van der Waals surface area (Å²) >= 11 is 0. The monoisotopic (exact) mass is 340 g/mol. The average molecular weight is 340 g/mol. The Morgan fingerprint density at radius 1 is 0.880 bits per heavy atom. The zero-order chi connectivity index (χ0) is 17.1. The normalized spacial score (nSPS) is 18.6. The summed E-state index contributed by atoms with van der Waals surface area (Å²) in [5.74, 6) is 1.47. The van der Waals surface area contributed by atoms with E-state index in [1.54, 1.807) is 0 Å². The molecule has 25 heavy (non-hydrogen) atoms. The van der Waals surface area contributed by atoms with Crippen LogP contribution in [0.3, 0.4) is 0 Å². The predicted octanol–water partition coefficient (Wildman–Crippen LogP) is 1.30. The van der Waals surface area contributed by atoms with Gasteiger partial charge in [0.2, 0.25) is 5.78 Å². The topological polar surface area (TPSA) is 49.2 Å². The maximum Gasteiger partial charge on any atom is 0.224 e. The van der Waals surface area contributed by atoms with Gasteiger partial charge >= 0.3 is 0 Å². The van der Waals surface area contributed by atoms with E-state index in [0.29, 0.717) is 43.5 Å². The lowest BCUT2D eigenvalue weighted by Crippen LogP contribution is -3.15. The number of rotatable bonds is 4. The number of nitrogens with one attached hydrogen (secondary N) is 1. The van der Waals surface area contributed by atoms with Gasteiger partial charge in [-0.25, -0.2) is 0 Å². The first-order valence-electron chi connectivity index (χ1n) is 8.74. The van der Waals surface area contributed by atoms with Crippen molar-refractivity contribution in [3.8, 4) is 11.5 Å². The molecule has 0 saturated carbocycles. The third-order valence-corrected chi connectivity index (χ3v) is 4.77. The van der Waals surface area contributed by atoms with E-state index >= 15 is 0 Å². The number of fused-ring (bicyclic) bond motifs is 1. The van der Waals surface area contributed by atoms with Crippen LogP contribution in [-0.2, 0) is 4.74 Å². The number of Topliss-reactive ketones (excluding diaryl/α,β-unsaturated/α-hetero) is 1. The van der Waals surface area contributed by atoms with Crippen LogP contribution in [0.15, 0.2) is 48.5 Å². The second-order valence-corrected chi connectivity index (χ2v) is 6.34. The molecule has 2 heterocycles. The Balaban J connectivity index is 1.67. The standard InChI is InChI=1S/C20H21NO4/c22-20(16-6-7-17-18(14-16)25-13-12-24-17)19(15-4-2-1-3-5-15)21-8-10-23-11-9-21/h1-7,14,19H,8-13H2/p+1. The quantitative estimate of drug-likeness (QED) is 0.853. The number of benzene rings is 2. The smallest absolute Gasteiger partial charge is 0.224 e. The zero-order valence-corrected chi connectivity index (χ0v) is 14.1. The molecule has 2 aliphatic rings. The SMILES string of the molecule is O=C(c1ccc2c(c1)OCCO2)C(c1ccccc1)[NH+]1CCOCC1. The Hall–Kier alpha value is -2.37. The minimum atomic E-state index is -0.229. The minimum absolute atomic E-state index is 0.111. The van der Waals surface area contributed by atoms with Crippen LogP contribution in [0.5, 0.6) is 11.5 Å². The van der Waals surface area contributed by atoms with Crippen LogP contribution >= 0.6 is 0 Å². The van der Waals surface area contributed by atoms with Crippen molar-refractivity contribution in [2.75, 3.05) is 39.5 Å². The van der Waals surface area contributed by atoms with Gasteiger partial charge in [0.05, 0.1) is 13.2 Å². The molecule has 2 aromatic carbocycles. The molecule has 0 aromatic heterocycles. The molecule has 0 spiro atoms. The van der Waals surface area contributed by atoms with Gasteiger partial charge in [-0.3, -0.25) is 4.79 Å². The van der Waals surface area contributed by atoms with Crippen molar-refractivity contribution in [2.24, 2.45) is 0 Å². The van der Waals surface area contributed by atoms with Crippen LogP contribution in [-0.4, -0.2) is 45.3 Å². The van der Waals surface area contributed by atoms with Gasteiger partial charge in [0.25, 0.3) is 0 Å². The highest BCUT2D eigenvalue weighted by molar-refractivity contribution is 6.00. The summed E-state index contributed by atoms with van der Waals surface area (Å²) in [4.78, 5) is 14.6. The minimum Gasteiger partial charge on any atom is -0.486 e. The number of ether oxygens (including phenoxy) is 3. The number of carbonyl (C=O) groups is 1. The number of hydrogen-bond donors (Lipinski definition) is 1. The van der Waals surface area contributed by atoms with Gasteiger partial charge in [-0.05, 0) is 18.2 Å². The number of quaternary nitrogens is 1. The van der Waals surface area contributed by atoms with Crippen LogP contribution in [0.4, 0.5) is 0 Å². The molecule has 1 unspecified atom stereocenters. The highest BCUT2D eigenvalue weighted by Crippen LogP contribution is 2.32. The first-order chi connectivity index (χ1) is 12.3. The van der Waals surface area contributed by atoms with Gasteiger partial charge in [0.15, 0.2) is 17.5 Å². The number of morpholine rings is 1. The lowest BCUT2D eigenvalue weighted by atomic mass is 9.95. The van der Waals surface area contributed by atoms with Gasteiger partial charge in [-0.2, -0.15) is 0 Å². The summed E-state index contributed by atoms with van der Waals surface area (Å²) in [6.45, 7) is 4.10. The molecule has 0 aliphatic carbocycles. The largest absolute Gasteiger partial charge is 0.486 e. The highest BCUT2D eigenvalue weighted by Gasteiger charge is 2.34. The maximum absolute atomic E-state index is 13.4. The third-order valence-electron chi connectivity index (χ3n) is 4.77. The first kappa shape index (κ1) is 16.1. The summed E-state index contributed by atoms with van der Waals surface area (Å²) in [5, 5.41) is 0. The Morgan fingerprint density at radius 3 is 2.36 bits per heavy atom. The molecule has 4 rings (SSSR count). The van der Waals surface area contributed by atoms with E-state index in [1.807, 2.05) is 48.5 Å². The van der Waals surface area contributed by atoms with E-state index in [0.717, 1.165) is 18.7 Å². The summed E-state index contributed by atoms with van der Waals surface area (Å²) in [7, 11) is 0. The van der Waals surface area contributed by atoms with Crippen LogP contribution in [0.1, 0.15) is 22.0 Å². The van der Waals surface area contributed by atoms with Gasteiger partial charge in [0.1, 0.15) is 26.3 Å². The molecular weight excluding hydrogens is 318 g/mol. The molecular formula is C20H22NO4+. The van der Waals surface area contributed by atoms with Crippen LogP contribution < -0.4 is 14.4 Å². The Morgan fingerprint density at radius 2 is 1.60 bits per heavy atom. The van der Waals surface area contributed by atoms with E-state index in [1.165, 1.54) is 4.90 Å². The van der Waals surface area contributed by atoms with Gasteiger partial charge in [0, 0.05) is 11.1 Å². The van der Waals surface area contributed by atoms with E-state index in [-0.39, 0.29) is 11.8 Å². The molecule has 5 nitrogen and oxygen atoms in total. The lowest BCUT2D eigenvalue weighted by molar-refractivity contribution is -0.928. The Kier molecular flexibility index (Phi) is 4.68. The van der Waals surface area contributed by atoms with Crippen LogP contribution in [0.2, 0.25) is 0 Å². The number of ketones is 1. The molecule has 1 atom stereocenters. The Bertz CT molecular complexity index is 741. The molecule has 1 N–H and O–H groups in total. The molecule has 0 radical (unpaired) electrons. The molecule has 1 saturated heterocycles. The van der Waals surface area contributed by atoms with Gasteiger partial charge < -0.3 is 19.1 Å². The second-order valence-electron chi connectivity index (χ2n) is 6.34.